The standard InChI is InChI=1S/C19H17F2NO3/c20-19(21)6-8-22(9-7-19)17(23)15-10-14(11-16(12-15)18(24)25)13-4-2-1-3-5-13/h1-5,10-12H,6-9H2,(H,24,25). The lowest BCUT2D eigenvalue weighted by Crippen LogP contribution is -2.42. The maximum Gasteiger partial charge on any atom is 0.335 e. The quantitative estimate of drug-likeness (QED) is 0.917. The zero-order valence-corrected chi connectivity index (χ0v) is 13.4. The number of hydrogen-bond donors (Lipinski definition) is 1. The molecule has 2 aromatic rings. The number of carboxylic acid groups (broad SMARTS) is 1. The summed E-state index contributed by atoms with van der Waals surface area (Å²) in [6.45, 7) is -0.0758. The molecule has 6 heteroatoms. The Balaban J connectivity index is 1.94. The Labute approximate surface area is 143 Å². The van der Waals surface area contributed by atoms with Gasteiger partial charge in [0.1, 0.15) is 0 Å². The van der Waals surface area contributed by atoms with Gasteiger partial charge in [-0.1, -0.05) is 30.3 Å². The number of piperidine rings is 1. The van der Waals surface area contributed by atoms with Crippen LogP contribution in [0.2, 0.25) is 0 Å². The number of alkyl halides is 2. The molecule has 1 aliphatic rings. The van der Waals surface area contributed by atoms with Crippen LogP contribution in [0.25, 0.3) is 11.1 Å². The van der Waals surface area contributed by atoms with E-state index in [4.69, 9.17) is 0 Å². The number of rotatable bonds is 3. The van der Waals surface area contributed by atoms with Gasteiger partial charge in [0, 0.05) is 31.5 Å². The Bertz CT molecular complexity index is 796. The molecular weight excluding hydrogens is 328 g/mol. The summed E-state index contributed by atoms with van der Waals surface area (Å²) in [7, 11) is 0. The van der Waals surface area contributed by atoms with Gasteiger partial charge in [0.15, 0.2) is 0 Å². The molecule has 0 atom stereocenters. The van der Waals surface area contributed by atoms with E-state index in [-0.39, 0.29) is 37.1 Å². The van der Waals surface area contributed by atoms with Crippen molar-refractivity contribution >= 4 is 11.9 Å². The summed E-state index contributed by atoms with van der Waals surface area (Å²) in [5, 5.41) is 9.32. The number of carboxylic acids is 1. The number of likely N-dealkylation sites (tertiary alicyclic amines) is 1. The molecule has 1 aliphatic heterocycles. The van der Waals surface area contributed by atoms with Gasteiger partial charge in [-0.3, -0.25) is 4.79 Å². The molecule has 0 radical (unpaired) electrons. The first-order valence-electron chi connectivity index (χ1n) is 7.97. The fourth-order valence-electron chi connectivity index (χ4n) is 2.89. The Morgan fingerprint density at radius 1 is 0.920 bits per heavy atom. The summed E-state index contributed by atoms with van der Waals surface area (Å²) < 4.78 is 26.6. The number of nitrogens with zero attached hydrogens (tertiary/aromatic N) is 1. The van der Waals surface area contributed by atoms with E-state index < -0.39 is 17.8 Å². The van der Waals surface area contributed by atoms with Gasteiger partial charge in [-0.2, -0.15) is 0 Å². The highest BCUT2D eigenvalue weighted by atomic mass is 19.3. The largest absolute Gasteiger partial charge is 0.478 e. The van der Waals surface area contributed by atoms with Gasteiger partial charge in [0.05, 0.1) is 5.56 Å². The summed E-state index contributed by atoms with van der Waals surface area (Å²) >= 11 is 0. The molecule has 130 valence electrons. The molecule has 1 N–H and O–H groups in total. The predicted octanol–water partition coefficient (Wildman–Crippen LogP) is 3.92. The SMILES string of the molecule is O=C(O)c1cc(C(=O)N2CCC(F)(F)CC2)cc(-c2ccccc2)c1. The average Bonchev–Trinajstić information content (AvgIpc) is 2.61. The molecule has 4 nitrogen and oxygen atoms in total. The second-order valence-corrected chi connectivity index (χ2v) is 6.12. The molecule has 0 unspecified atom stereocenters. The number of carbonyl (C=O) groups is 2. The van der Waals surface area contributed by atoms with Crippen molar-refractivity contribution < 1.29 is 23.5 Å². The maximum atomic E-state index is 13.3. The molecule has 2 aromatic carbocycles. The van der Waals surface area contributed by atoms with Crippen LogP contribution < -0.4 is 0 Å². The Morgan fingerprint density at radius 2 is 1.52 bits per heavy atom. The molecule has 25 heavy (non-hydrogen) atoms. The molecule has 1 saturated heterocycles. The third-order valence-corrected chi connectivity index (χ3v) is 4.32. The van der Waals surface area contributed by atoms with Crippen LogP contribution in [0, 0.1) is 0 Å². The van der Waals surface area contributed by atoms with Crippen molar-refractivity contribution in [1.82, 2.24) is 4.90 Å². The second kappa shape index (κ2) is 6.63. The van der Waals surface area contributed by atoms with E-state index in [1.807, 2.05) is 30.3 Å². The Morgan fingerprint density at radius 3 is 2.12 bits per heavy atom. The molecule has 1 amide bonds. The van der Waals surface area contributed by atoms with E-state index in [2.05, 4.69) is 0 Å². The average molecular weight is 345 g/mol. The van der Waals surface area contributed by atoms with Gasteiger partial charge in [-0.05, 0) is 29.3 Å². The van der Waals surface area contributed by atoms with E-state index in [1.165, 1.54) is 17.0 Å². The van der Waals surface area contributed by atoms with Crippen molar-refractivity contribution in [3.8, 4) is 11.1 Å². The van der Waals surface area contributed by atoms with Gasteiger partial charge >= 0.3 is 5.97 Å². The normalized spacial score (nSPS) is 16.5. The summed E-state index contributed by atoms with van der Waals surface area (Å²) in [4.78, 5) is 25.4. The molecule has 1 heterocycles. The summed E-state index contributed by atoms with van der Waals surface area (Å²) in [6, 6.07) is 13.5. The Hall–Kier alpha value is -2.76. The van der Waals surface area contributed by atoms with E-state index in [1.54, 1.807) is 6.07 Å². The van der Waals surface area contributed by atoms with E-state index in [0.29, 0.717) is 5.56 Å². The highest BCUT2D eigenvalue weighted by Crippen LogP contribution is 2.29. The summed E-state index contributed by atoms with van der Waals surface area (Å²) in [6.07, 6.45) is -0.744. The van der Waals surface area contributed by atoms with Crippen molar-refractivity contribution in [2.75, 3.05) is 13.1 Å². The molecule has 1 fully saturated rings. The first-order valence-corrected chi connectivity index (χ1v) is 7.97. The van der Waals surface area contributed by atoms with Gasteiger partial charge in [0.25, 0.3) is 11.8 Å². The smallest absolute Gasteiger partial charge is 0.335 e. The molecule has 3 rings (SSSR count). The Kier molecular flexibility index (Phi) is 4.53. The molecule has 0 spiro atoms. The van der Waals surface area contributed by atoms with Crippen molar-refractivity contribution in [1.29, 1.82) is 0 Å². The third kappa shape index (κ3) is 3.84. The molecule has 0 bridgehead atoms. The lowest BCUT2D eigenvalue weighted by atomic mass is 9.98. The van der Waals surface area contributed by atoms with Crippen molar-refractivity contribution in [2.24, 2.45) is 0 Å². The minimum absolute atomic E-state index is 0.00737. The fourth-order valence-corrected chi connectivity index (χ4v) is 2.89. The number of hydrogen-bond acceptors (Lipinski definition) is 2. The number of carbonyl (C=O) groups excluding carboxylic acids is 1. The monoisotopic (exact) mass is 345 g/mol. The van der Waals surface area contributed by atoms with Crippen molar-refractivity contribution in [2.45, 2.75) is 18.8 Å². The van der Waals surface area contributed by atoms with E-state index in [9.17, 15) is 23.5 Å². The number of amides is 1. The predicted molar refractivity (Wildman–Crippen MR) is 88.9 cm³/mol. The van der Waals surface area contributed by atoms with Gasteiger partial charge < -0.3 is 10.0 Å². The first-order chi connectivity index (χ1) is 11.9. The minimum atomic E-state index is -2.74. The van der Waals surface area contributed by atoms with Crippen molar-refractivity contribution in [3.63, 3.8) is 0 Å². The molecular formula is C19H17F2NO3. The van der Waals surface area contributed by atoms with Crippen LogP contribution in [0.4, 0.5) is 8.78 Å². The van der Waals surface area contributed by atoms with E-state index in [0.717, 1.165) is 5.56 Å². The van der Waals surface area contributed by atoms with Crippen LogP contribution in [0.1, 0.15) is 33.6 Å². The lowest BCUT2D eigenvalue weighted by molar-refractivity contribution is -0.0494. The van der Waals surface area contributed by atoms with Crippen LogP contribution in [0.5, 0.6) is 0 Å². The van der Waals surface area contributed by atoms with Crippen LogP contribution in [-0.4, -0.2) is 40.9 Å². The number of halogens is 2. The number of benzene rings is 2. The van der Waals surface area contributed by atoms with Crippen LogP contribution in [-0.2, 0) is 0 Å². The topological polar surface area (TPSA) is 57.6 Å². The third-order valence-electron chi connectivity index (χ3n) is 4.32. The van der Waals surface area contributed by atoms with E-state index >= 15 is 0 Å². The highest BCUT2D eigenvalue weighted by Gasteiger charge is 2.35. The summed E-state index contributed by atoms with van der Waals surface area (Å²) in [5.41, 5.74) is 1.58. The zero-order valence-electron chi connectivity index (χ0n) is 13.4. The van der Waals surface area contributed by atoms with Gasteiger partial charge in [0.2, 0.25) is 0 Å². The van der Waals surface area contributed by atoms with Crippen LogP contribution >= 0.6 is 0 Å². The molecule has 0 aliphatic carbocycles. The number of aromatic carboxylic acids is 1. The van der Waals surface area contributed by atoms with Gasteiger partial charge in [-0.15, -0.1) is 0 Å². The fraction of sp³-hybridized carbons (Fsp3) is 0.263. The lowest BCUT2D eigenvalue weighted by Gasteiger charge is -2.31. The summed E-state index contributed by atoms with van der Waals surface area (Å²) in [5.74, 6) is -4.30. The molecule has 0 aromatic heterocycles. The van der Waals surface area contributed by atoms with Gasteiger partial charge in [-0.25, -0.2) is 13.6 Å². The zero-order chi connectivity index (χ0) is 18.0. The van der Waals surface area contributed by atoms with Crippen LogP contribution in [0.15, 0.2) is 48.5 Å². The minimum Gasteiger partial charge on any atom is -0.478 e. The molecule has 0 saturated carbocycles. The second-order valence-electron chi connectivity index (χ2n) is 6.12. The first kappa shape index (κ1) is 17.1. The highest BCUT2D eigenvalue weighted by molar-refractivity contribution is 5.99. The maximum absolute atomic E-state index is 13.3. The van der Waals surface area contributed by atoms with Crippen molar-refractivity contribution in [3.05, 3.63) is 59.7 Å². The van der Waals surface area contributed by atoms with Crippen LogP contribution in [0.3, 0.4) is 0 Å².